The van der Waals surface area contributed by atoms with Crippen molar-refractivity contribution in [3.8, 4) is 0 Å². The van der Waals surface area contributed by atoms with Gasteiger partial charge in [-0.3, -0.25) is 14.6 Å². The van der Waals surface area contributed by atoms with Crippen molar-refractivity contribution in [1.82, 2.24) is 10.3 Å². The highest BCUT2D eigenvalue weighted by molar-refractivity contribution is 6.08. The summed E-state index contributed by atoms with van der Waals surface area (Å²) in [6.45, 7) is 6.06. The highest BCUT2D eigenvalue weighted by atomic mass is 16.2. The van der Waals surface area contributed by atoms with Crippen LogP contribution >= 0.6 is 0 Å². The monoisotopic (exact) mass is 444 g/mol. The molecule has 0 radical (unpaired) electrons. The molecule has 3 aromatic rings. The van der Waals surface area contributed by atoms with Crippen LogP contribution in [0.15, 0.2) is 60.9 Å². The number of hydrogen-bond donors (Lipinski definition) is 2. The molecular formula is C27H32N4O2. The van der Waals surface area contributed by atoms with E-state index in [1.54, 1.807) is 12.4 Å². The Balaban J connectivity index is 1.62. The lowest BCUT2D eigenvalue weighted by atomic mass is 10.0. The molecule has 1 fully saturated rings. The molecule has 2 heterocycles. The number of hydrogen-bond acceptors (Lipinski definition) is 4. The van der Waals surface area contributed by atoms with Gasteiger partial charge in [-0.15, -0.1) is 0 Å². The molecule has 6 nitrogen and oxygen atoms in total. The van der Waals surface area contributed by atoms with Crippen molar-refractivity contribution in [3.63, 3.8) is 0 Å². The molecule has 0 saturated carbocycles. The van der Waals surface area contributed by atoms with E-state index >= 15 is 0 Å². The molecule has 2 N–H and O–H groups in total. The summed E-state index contributed by atoms with van der Waals surface area (Å²) in [6, 6.07) is 14.6. The molecule has 1 saturated heterocycles. The summed E-state index contributed by atoms with van der Waals surface area (Å²) in [6.07, 6.45) is 7.62. The fourth-order valence-corrected chi connectivity index (χ4v) is 4.44. The largest absolute Gasteiger partial charge is 0.371 e. The van der Waals surface area contributed by atoms with Crippen LogP contribution in [0, 0.1) is 5.92 Å². The van der Waals surface area contributed by atoms with Gasteiger partial charge in [-0.05, 0) is 48.9 Å². The van der Waals surface area contributed by atoms with Gasteiger partial charge in [0.2, 0.25) is 5.91 Å². The van der Waals surface area contributed by atoms with Gasteiger partial charge in [0, 0.05) is 48.4 Å². The maximum absolute atomic E-state index is 13.4. The quantitative estimate of drug-likeness (QED) is 0.534. The van der Waals surface area contributed by atoms with Gasteiger partial charge in [-0.25, -0.2) is 0 Å². The molecule has 1 atom stereocenters. The molecule has 2 aromatic carbocycles. The van der Waals surface area contributed by atoms with Crippen LogP contribution < -0.4 is 15.5 Å². The summed E-state index contributed by atoms with van der Waals surface area (Å²) in [5, 5.41) is 7.95. The molecule has 0 aliphatic carbocycles. The van der Waals surface area contributed by atoms with Gasteiger partial charge in [0.15, 0.2) is 0 Å². The molecule has 1 aliphatic rings. The van der Waals surface area contributed by atoms with Gasteiger partial charge in [0.1, 0.15) is 6.04 Å². The Morgan fingerprint density at radius 1 is 0.970 bits per heavy atom. The lowest BCUT2D eigenvalue weighted by Crippen LogP contribution is -2.37. The molecular weight excluding hydrogens is 412 g/mol. The molecule has 2 amide bonds. The van der Waals surface area contributed by atoms with Crippen molar-refractivity contribution >= 4 is 34.0 Å². The van der Waals surface area contributed by atoms with Gasteiger partial charge in [0.05, 0.1) is 5.69 Å². The third kappa shape index (κ3) is 5.51. The minimum Gasteiger partial charge on any atom is -0.371 e. The summed E-state index contributed by atoms with van der Waals surface area (Å²) < 4.78 is 0. The minimum absolute atomic E-state index is 0.138. The summed E-state index contributed by atoms with van der Waals surface area (Å²) in [5.41, 5.74) is 2.62. The second-order valence-corrected chi connectivity index (χ2v) is 9.10. The first-order valence-corrected chi connectivity index (χ1v) is 11.8. The number of fused-ring (bicyclic) bond motifs is 1. The van der Waals surface area contributed by atoms with Crippen LogP contribution in [0.5, 0.6) is 0 Å². The van der Waals surface area contributed by atoms with E-state index in [2.05, 4.69) is 26.6 Å². The molecule has 172 valence electrons. The zero-order valence-electron chi connectivity index (χ0n) is 19.4. The predicted molar refractivity (Wildman–Crippen MR) is 133 cm³/mol. The van der Waals surface area contributed by atoms with Gasteiger partial charge in [0.25, 0.3) is 5.91 Å². The van der Waals surface area contributed by atoms with E-state index in [0.717, 1.165) is 29.4 Å². The van der Waals surface area contributed by atoms with E-state index in [9.17, 15) is 9.59 Å². The van der Waals surface area contributed by atoms with Crippen LogP contribution in [-0.2, 0) is 9.59 Å². The Morgan fingerprint density at radius 3 is 2.45 bits per heavy atom. The van der Waals surface area contributed by atoms with E-state index in [1.165, 1.54) is 24.9 Å². The second-order valence-electron chi connectivity index (χ2n) is 9.10. The van der Waals surface area contributed by atoms with Crippen LogP contribution in [-0.4, -0.2) is 29.9 Å². The molecule has 6 heteroatoms. The summed E-state index contributed by atoms with van der Waals surface area (Å²) >= 11 is 0. The third-order valence-electron chi connectivity index (χ3n) is 6.04. The normalized spacial score (nSPS) is 14.8. The topological polar surface area (TPSA) is 74.3 Å². The molecule has 33 heavy (non-hydrogen) atoms. The molecule has 0 spiro atoms. The van der Waals surface area contributed by atoms with Crippen molar-refractivity contribution in [2.75, 3.05) is 23.3 Å². The molecule has 4 rings (SSSR count). The van der Waals surface area contributed by atoms with Gasteiger partial charge in [-0.1, -0.05) is 44.2 Å². The number of anilines is 2. The maximum Gasteiger partial charge on any atom is 0.251 e. The standard InChI is InChI=1S/C27H32N4O2/c1-19(2)17-25(32)30-26(20-9-5-3-6-10-20)27(33)29-23-11-12-24(31-15-7-4-8-16-31)21-13-14-28-18-22(21)23/h3,5-6,9-14,18-19,26H,4,7-8,15-17H2,1-2H3,(H,29,33)(H,30,32). The number of amides is 2. The zero-order chi connectivity index (χ0) is 23.2. The Bertz CT molecular complexity index is 1110. The zero-order valence-corrected chi connectivity index (χ0v) is 19.4. The van der Waals surface area contributed by atoms with Crippen LogP contribution in [0.4, 0.5) is 11.4 Å². The average Bonchev–Trinajstić information content (AvgIpc) is 2.83. The average molecular weight is 445 g/mol. The van der Waals surface area contributed by atoms with Crippen LogP contribution in [0.3, 0.4) is 0 Å². The number of benzene rings is 2. The van der Waals surface area contributed by atoms with Gasteiger partial charge >= 0.3 is 0 Å². The lowest BCUT2D eigenvalue weighted by molar-refractivity contribution is -0.127. The van der Waals surface area contributed by atoms with E-state index in [0.29, 0.717) is 12.1 Å². The van der Waals surface area contributed by atoms with Crippen molar-refractivity contribution in [2.24, 2.45) is 5.92 Å². The van der Waals surface area contributed by atoms with E-state index in [-0.39, 0.29) is 17.7 Å². The highest BCUT2D eigenvalue weighted by Gasteiger charge is 2.24. The molecule has 1 unspecified atom stereocenters. The fourth-order valence-electron chi connectivity index (χ4n) is 4.44. The SMILES string of the molecule is CC(C)CC(=O)NC(C(=O)Nc1ccc(N2CCCCC2)c2ccncc12)c1ccccc1. The maximum atomic E-state index is 13.4. The van der Waals surface area contributed by atoms with Crippen molar-refractivity contribution < 1.29 is 9.59 Å². The smallest absolute Gasteiger partial charge is 0.251 e. The summed E-state index contributed by atoms with van der Waals surface area (Å²) in [4.78, 5) is 32.7. The molecule has 1 aromatic heterocycles. The summed E-state index contributed by atoms with van der Waals surface area (Å²) in [5.74, 6) is -0.197. The fraction of sp³-hybridized carbons (Fsp3) is 0.370. The van der Waals surface area contributed by atoms with Crippen molar-refractivity contribution in [1.29, 1.82) is 0 Å². The first kappa shape index (κ1) is 22.8. The van der Waals surface area contributed by atoms with E-state index in [4.69, 9.17) is 0 Å². The van der Waals surface area contributed by atoms with Crippen LogP contribution in [0.1, 0.15) is 51.1 Å². The van der Waals surface area contributed by atoms with E-state index < -0.39 is 6.04 Å². The molecule has 1 aliphatic heterocycles. The lowest BCUT2D eigenvalue weighted by Gasteiger charge is -2.30. The third-order valence-corrected chi connectivity index (χ3v) is 6.04. The Kier molecular flexibility index (Phi) is 7.23. The Hall–Kier alpha value is -3.41. The number of rotatable bonds is 7. The molecule has 0 bridgehead atoms. The van der Waals surface area contributed by atoms with E-state index in [1.807, 2.05) is 56.3 Å². The van der Waals surface area contributed by atoms with Crippen LogP contribution in [0.2, 0.25) is 0 Å². The van der Waals surface area contributed by atoms with Crippen molar-refractivity contribution in [3.05, 3.63) is 66.5 Å². The van der Waals surface area contributed by atoms with Gasteiger partial charge in [-0.2, -0.15) is 0 Å². The summed E-state index contributed by atoms with van der Waals surface area (Å²) in [7, 11) is 0. The predicted octanol–water partition coefficient (Wildman–Crippen LogP) is 5.07. The number of nitrogens with zero attached hydrogens (tertiary/aromatic N) is 2. The first-order chi connectivity index (χ1) is 16.0. The van der Waals surface area contributed by atoms with Crippen LogP contribution in [0.25, 0.3) is 10.8 Å². The number of nitrogens with one attached hydrogen (secondary N) is 2. The Labute approximate surface area is 195 Å². The first-order valence-electron chi connectivity index (χ1n) is 11.8. The number of pyridine rings is 1. The van der Waals surface area contributed by atoms with Crippen molar-refractivity contribution in [2.45, 2.75) is 45.6 Å². The number of carbonyl (C=O) groups excluding carboxylic acids is 2. The number of aromatic nitrogens is 1. The number of piperidine rings is 1. The number of carbonyl (C=O) groups is 2. The minimum atomic E-state index is -0.772. The second kappa shape index (κ2) is 10.5. The Morgan fingerprint density at radius 2 is 1.73 bits per heavy atom. The highest BCUT2D eigenvalue weighted by Crippen LogP contribution is 2.33. The van der Waals surface area contributed by atoms with Gasteiger partial charge < -0.3 is 15.5 Å².